The summed E-state index contributed by atoms with van der Waals surface area (Å²) < 4.78 is 10.5. The summed E-state index contributed by atoms with van der Waals surface area (Å²) in [7, 11) is 1.56. The number of hydrogen-bond donors (Lipinski definition) is 3. The second kappa shape index (κ2) is 10.4. The first-order chi connectivity index (χ1) is 11.1. The van der Waals surface area contributed by atoms with E-state index >= 15 is 0 Å². The lowest BCUT2D eigenvalue weighted by Gasteiger charge is -2.10. The predicted octanol–water partition coefficient (Wildman–Crippen LogP) is 1.48. The number of nitrogens with one attached hydrogen (secondary N) is 2. The summed E-state index contributed by atoms with van der Waals surface area (Å²) in [5, 5.41) is 5.77. The van der Waals surface area contributed by atoms with E-state index < -0.39 is 0 Å². The maximum Gasteiger partial charge on any atom is 0.221 e. The summed E-state index contributed by atoms with van der Waals surface area (Å²) in [6, 6.07) is 5.50. The molecule has 0 unspecified atom stereocenters. The van der Waals surface area contributed by atoms with Crippen molar-refractivity contribution in [2.24, 2.45) is 10.7 Å². The monoisotopic (exact) mass is 322 g/mol. The first kappa shape index (κ1) is 18.8. The van der Waals surface area contributed by atoms with Crippen LogP contribution in [0.25, 0.3) is 0 Å². The smallest absolute Gasteiger partial charge is 0.221 e. The van der Waals surface area contributed by atoms with Crippen molar-refractivity contribution in [3.05, 3.63) is 23.8 Å². The van der Waals surface area contributed by atoms with Gasteiger partial charge in [0.2, 0.25) is 5.91 Å². The molecule has 1 aromatic carbocycles. The Hall–Kier alpha value is -2.28. The number of methoxy groups -OCH3 is 1. The van der Waals surface area contributed by atoms with Crippen LogP contribution >= 0.6 is 0 Å². The van der Waals surface area contributed by atoms with Crippen LogP contribution in [0.15, 0.2) is 23.2 Å². The third-order valence-electron chi connectivity index (χ3n) is 2.98. The Balaban J connectivity index is 2.55. The summed E-state index contributed by atoms with van der Waals surface area (Å²) in [5.74, 6) is 0.841. The molecule has 0 spiro atoms. The molecule has 7 heteroatoms. The molecule has 1 aromatic rings. The number of nitrogens with two attached hydrogens (primary N) is 1. The Labute approximate surface area is 137 Å². The van der Waals surface area contributed by atoms with Gasteiger partial charge in [0.15, 0.2) is 5.96 Å². The van der Waals surface area contributed by atoms with Crippen molar-refractivity contribution in [3.8, 4) is 5.75 Å². The lowest BCUT2D eigenvalue weighted by Crippen LogP contribution is -2.32. The molecule has 1 rings (SSSR count). The predicted molar refractivity (Wildman–Crippen MR) is 91.7 cm³/mol. The molecule has 0 atom stereocenters. The average Bonchev–Trinajstić information content (AvgIpc) is 2.52. The Morgan fingerprint density at radius 2 is 2.17 bits per heavy atom. The summed E-state index contributed by atoms with van der Waals surface area (Å²) >= 11 is 0. The summed E-state index contributed by atoms with van der Waals surface area (Å²) in [4.78, 5) is 15.5. The molecule has 0 aliphatic heterocycles. The quantitative estimate of drug-likeness (QED) is 0.363. The molecule has 0 fully saturated rings. The van der Waals surface area contributed by atoms with E-state index in [-0.39, 0.29) is 5.91 Å². The Morgan fingerprint density at radius 3 is 2.83 bits per heavy atom. The van der Waals surface area contributed by atoms with E-state index in [1.165, 1.54) is 6.92 Å². The van der Waals surface area contributed by atoms with Gasteiger partial charge in [-0.1, -0.05) is 6.07 Å². The van der Waals surface area contributed by atoms with Crippen LogP contribution in [0.1, 0.15) is 25.8 Å². The lowest BCUT2D eigenvalue weighted by molar-refractivity contribution is -0.114. The minimum Gasteiger partial charge on any atom is -0.495 e. The molecule has 7 nitrogen and oxygen atoms in total. The Kier molecular flexibility index (Phi) is 8.52. The van der Waals surface area contributed by atoms with Gasteiger partial charge in [-0.3, -0.25) is 4.79 Å². The van der Waals surface area contributed by atoms with E-state index in [2.05, 4.69) is 15.6 Å². The highest BCUT2D eigenvalue weighted by Gasteiger charge is 2.06. The van der Waals surface area contributed by atoms with E-state index in [9.17, 15) is 4.79 Å². The molecule has 0 aromatic heterocycles. The molecular formula is C16H26N4O3. The van der Waals surface area contributed by atoms with Gasteiger partial charge in [0.25, 0.3) is 0 Å². The number of nitrogens with zero attached hydrogens (tertiary/aromatic N) is 1. The third kappa shape index (κ3) is 7.51. The molecular weight excluding hydrogens is 296 g/mol. The zero-order valence-electron chi connectivity index (χ0n) is 14.0. The maximum absolute atomic E-state index is 11.2. The first-order valence-corrected chi connectivity index (χ1v) is 7.62. The molecule has 23 heavy (non-hydrogen) atoms. The summed E-state index contributed by atoms with van der Waals surface area (Å²) in [6.07, 6.45) is 0.874. The third-order valence-corrected chi connectivity index (χ3v) is 2.98. The number of benzene rings is 1. The van der Waals surface area contributed by atoms with Crippen molar-refractivity contribution in [2.75, 3.05) is 32.2 Å². The number of aliphatic imine (C=N–C) groups is 1. The maximum atomic E-state index is 11.2. The second-order valence-corrected chi connectivity index (χ2v) is 4.89. The van der Waals surface area contributed by atoms with Gasteiger partial charge in [-0.05, 0) is 31.0 Å². The van der Waals surface area contributed by atoms with Gasteiger partial charge in [0.05, 0.1) is 19.3 Å². The molecule has 0 heterocycles. The number of carbonyl (C=O) groups is 1. The van der Waals surface area contributed by atoms with Crippen LogP contribution < -0.4 is 21.1 Å². The fraction of sp³-hybridized carbons (Fsp3) is 0.500. The zero-order valence-corrected chi connectivity index (χ0v) is 14.0. The van der Waals surface area contributed by atoms with Crippen LogP contribution in [0, 0.1) is 0 Å². The fourth-order valence-electron chi connectivity index (χ4n) is 1.91. The fourth-order valence-corrected chi connectivity index (χ4v) is 1.91. The molecule has 0 saturated carbocycles. The molecule has 0 saturated heterocycles. The molecule has 0 bridgehead atoms. The largest absolute Gasteiger partial charge is 0.495 e. The van der Waals surface area contributed by atoms with Crippen LogP contribution in [-0.2, 0) is 16.1 Å². The van der Waals surface area contributed by atoms with Crippen LogP contribution in [0.3, 0.4) is 0 Å². The second-order valence-electron chi connectivity index (χ2n) is 4.89. The van der Waals surface area contributed by atoms with Gasteiger partial charge in [0, 0.05) is 26.7 Å². The van der Waals surface area contributed by atoms with E-state index in [4.69, 9.17) is 15.2 Å². The van der Waals surface area contributed by atoms with E-state index in [1.54, 1.807) is 13.2 Å². The molecule has 0 aliphatic rings. The Morgan fingerprint density at radius 1 is 1.39 bits per heavy atom. The molecule has 128 valence electrons. The number of rotatable bonds is 9. The van der Waals surface area contributed by atoms with E-state index in [1.807, 2.05) is 19.1 Å². The number of carbonyl (C=O) groups excluding carboxylic acids is 1. The van der Waals surface area contributed by atoms with Gasteiger partial charge in [-0.2, -0.15) is 0 Å². The Bertz CT molecular complexity index is 532. The standard InChI is InChI=1S/C16H26N4O3/c1-4-23-9-5-8-18-16(17)19-11-13-6-7-15(22-3)14(10-13)20-12(2)21/h6-7,10H,4-5,8-9,11H2,1-3H3,(H,20,21)(H3,17,18,19). The summed E-state index contributed by atoms with van der Waals surface area (Å²) in [5.41, 5.74) is 7.36. The topological polar surface area (TPSA) is 98.0 Å². The average molecular weight is 322 g/mol. The molecule has 1 amide bonds. The number of anilines is 1. The first-order valence-electron chi connectivity index (χ1n) is 7.62. The van der Waals surface area contributed by atoms with Crippen molar-refractivity contribution in [1.29, 1.82) is 0 Å². The SMILES string of the molecule is CCOCCCNC(N)=NCc1ccc(OC)c(NC(C)=O)c1. The van der Waals surface area contributed by atoms with Crippen molar-refractivity contribution in [3.63, 3.8) is 0 Å². The zero-order chi connectivity index (χ0) is 17.1. The molecule has 0 aliphatic carbocycles. The van der Waals surface area contributed by atoms with Gasteiger partial charge < -0.3 is 25.8 Å². The highest BCUT2D eigenvalue weighted by atomic mass is 16.5. The lowest BCUT2D eigenvalue weighted by atomic mass is 10.2. The van der Waals surface area contributed by atoms with Crippen molar-refractivity contribution in [2.45, 2.75) is 26.8 Å². The number of amides is 1. The minimum absolute atomic E-state index is 0.153. The van der Waals surface area contributed by atoms with Gasteiger partial charge in [-0.15, -0.1) is 0 Å². The molecule has 0 radical (unpaired) electrons. The highest BCUT2D eigenvalue weighted by Crippen LogP contribution is 2.25. The normalized spacial score (nSPS) is 11.2. The van der Waals surface area contributed by atoms with Crippen LogP contribution in [0.4, 0.5) is 5.69 Å². The van der Waals surface area contributed by atoms with Crippen molar-refractivity contribution in [1.82, 2.24) is 5.32 Å². The van der Waals surface area contributed by atoms with Crippen molar-refractivity contribution >= 4 is 17.6 Å². The van der Waals surface area contributed by atoms with Gasteiger partial charge >= 0.3 is 0 Å². The van der Waals surface area contributed by atoms with E-state index in [0.29, 0.717) is 30.5 Å². The van der Waals surface area contributed by atoms with E-state index in [0.717, 1.165) is 25.1 Å². The minimum atomic E-state index is -0.153. The highest BCUT2D eigenvalue weighted by molar-refractivity contribution is 5.90. The number of guanidine groups is 1. The number of ether oxygens (including phenoxy) is 2. The van der Waals surface area contributed by atoms with Crippen LogP contribution in [0.5, 0.6) is 5.75 Å². The van der Waals surface area contributed by atoms with Gasteiger partial charge in [0.1, 0.15) is 5.75 Å². The van der Waals surface area contributed by atoms with Crippen molar-refractivity contribution < 1.29 is 14.3 Å². The van der Waals surface area contributed by atoms with Gasteiger partial charge in [-0.25, -0.2) is 4.99 Å². The summed E-state index contributed by atoms with van der Waals surface area (Å²) in [6.45, 7) is 5.98. The van der Waals surface area contributed by atoms with Crippen LogP contribution in [-0.4, -0.2) is 38.7 Å². The number of hydrogen-bond acceptors (Lipinski definition) is 4. The molecule has 4 N–H and O–H groups in total. The van der Waals surface area contributed by atoms with Crippen LogP contribution in [0.2, 0.25) is 0 Å².